The molecule has 0 radical (unpaired) electrons. The molecule has 2 rings (SSSR count). The zero-order chi connectivity index (χ0) is 13.3. The molecule has 2 aromatic rings. The Labute approximate surface area is 107 Å². The van der Waals surface area contributed by atoms with E-state index in [0.29, 0.717) is 11.6 Å². The SMILES string of the molecule is CC(=O)c1ccc(N(C)c2ccc(C)cc2C)o1. The number of carbonyl (C=O) groups excluding carboxylic acids is 1. The lowest BCUT2D eigenvalue weighted by Crippen LogP contribution is -2.10. The molecular formula is C15H17NO2. The molecule has 94 valence electrons. The number of benzene rings is 1. The molecule has 0 N–H and O–H groups in total. The minimum atomic E-state index is -0.0599. The van der Waals surface area contributed by atoms with Crippen molar-refractivity contribution in [3.05, 3.63) is 47.2 Å². The van der Waals surface area contributed by atoms with Crippen LogP contribution >= 0.6 is 0 Å². The molecule has 0 bridgehead atoms. The predicted octanol–water partition coefficient (Wildman–Crippen LogP) is 3.87. The first kappa shape index (κ1) is 12.4. The zero-order valence-corrected chi connectivity index (χ0v) is 11.2. The second-order valence-corrected chi connectivity index (χ2v) is 4.54. The third kappa shape index (κ3) is 2.30. The molecule has 0 atom stereocenters. The molecule has 0 saturated carbocycles. The fraction of sp³-hybridized carbons (Fsp3) is 0.267. The topological polar surface area (TPSA) is 33.5 Å². The van der Waals surface area contributed by atoms with Gasteiger partial charge in [-0.25, -0.2) is 0 Å². The van der Waals surface area contributed by atoms with Gasteiger partial charge in [0, 0.05) is 25.7 Å². The summed E-state index contributed by atoms with van der Waals surface area (Å²) in [6.07, 6.45) is 0. The number of aryl methyl sites for hydroxylation is 2. The quantitative estimate of drug-likeness (QED) is 0.767. The number of ketones is 1. The van der Waals surface area contributed by atoms with Crippen LogP contribution in [0.5, 0.6) is 0 Å². The van der Waals surface area contributed by atoms with Crippen LogP contribution in [0, 0.1) is 13.8 Å². The van der Waals surface area contributed by atoms with Gasteiger partial charge < -0.3 is 9.32 Å². The van der Waals surface area contributed by atoms with Crippen molar-refractivity contribution >= 4 is 17.4 Å². The van der Waals surface area contributed by atoms with Gasteiger partial charge in [0.05, 0.1) is 0 Å². The van der Waals surface area contributed by atoms with Crippen LogP contribution in [0.15, 0.2) is 34.7 Å². The highest BCUT2D eigenvalue weighted by Crippen LogP contribution is 2.28. The molecule has 1 heterocycles. The maximum Gasteiger partial charge on any atom is 0.200 e. The van der Waals surface area contributed by atoms with Crippen molar-refractivity contribution in [3.63, 3.8) is 0 Å². The molecule has 0 amide bonds. The van der Waals surface area contributed by atoms with E-state index in [9.17, 15) is 4.79 Å². The van der Waals surface area contributed by atoms with Gasteiger partial charge in [0.2, 0.25) is 5.88 Å². The van der Waals surface area contributed by atoms with Gasteiger partial charge in [0.15, 0.2) is 11.5 Å². The summed E-state index contributed by atoms with van der Waals surface area (Å²) in [7, 11) is 1.93. The van der Waals surface area contributed by atoms with Crippen LogP contribution in [-0.4, -0.2) is 12.8 Å². The van der Waals surface area contributed by atoms with E-state index in [1.807, 2.05) is 18.0 Å². The van der Waals surface area contributed by atoms with E-state index in [1.54, 1.807) is 6.07 Å². The van der Waals surface area contributed by atoms with Crippen molar-refractivity contribution in [2.75, 3.05) is 11.9 Å². The van der Waals surface area contributed by atoms with E-state index < -0.39 is 0 Å². The highest BCUT2D eigenvalue weighted by atomic mass is 16.4. The number of carbonyl (C=O) groups is 1. The second-order valence-electron chi connectivity index (χ2n) is 4.54. The number of hydrogen-bond acceptors (Lipinski definition) is 3. The normalized spacial score (nSPS) is 10.4. The summed E-state index contributed by atoms with van der Waals surface area (Å²) in [6, 6.07) is 9.77. The van der Waals surface area contributed by atoms with Crippen molar-refractivity contribution in [1.29, 1.82) is 0 Å². The lowest BCUT2D eigenvalue weighted by Gasteiger charge is -2.18. The number of nitrogens with zero attached hydrogens (tertiary/aromatic N) is 1. The first-order chi connectivity index (χ1) is 8.49. The number of furan rings is 1. The first-order valence-corrected chi connectivity index (χ1v) is 5.91. The van der Waals surface area contributed by atoms with Crippen LogP contribution in [0.2, 0.25) is 0 Å². The zero-order valence-electron chi connectivity index (χ0n) is 11.2. The Morgan fingerprint density at radius 3 is 2.44 bits per heavy atom. The van der Waals surface area contributed by atoms with Crippen LogP contribution in [0.1, 0.15) is 28.6 Å². The maximum absolute atomic E-state index is 11.2. The Balaban J connectivity index is 2.35. The molecule has 0 aliphatic rings. The Kier molecular flexibility index (Phi) is 3.24. The Bertz CT molecular complexity index is 584. The molecule has 1 aromatic carbocycles. The van der Waals surface area contributed by atoms with Gasteiger partial charge >= 0.3 is 0 Å². The van der Waals surface area contributed by atoms with Gasteiger partial charge in [-0.3, -0.25) is 4.79 Å². The molecule has 0 fully saturated rings. The molecule has 1 aromatic heterocycles. The minimum absolute atomic E-state index is 0.0599. The molecule has 3 nitrogen and oxygen atoms in total. The number of Topliss-reactive ketones (excluding diaryl/α,β-unsaturated/α-hetero) is 1. The smallest absolute Gasteiger partial charge is 0.200 e. The van der Waals surface area contributed by atoms with E-state index in [1.165, 1.54) is 18.1 Å². The molecule has 0 aliphatic carbocycles. The fourth-order valence-electron chi connectivity index (χ4n) is 2.00. The summed E-state index contributed by atoms with van der Waals surface area (Å²) < 4.78 is 5.52. The standard InChI is InChI=1S/C15H17NO2/c1-10-5-6-13(11(2)9-10)16(4)15-8-7-14(18-15)12(3)17/h5-9H,1-4H3. The van der Waals surface area contributed by atoms with E-state index in [2.05, 4.69) is 32.0 Å². The van der Waals surface area contributed by atoms with Crippen LogP contribution < -0.4 is 4.90 Å². The van der Waals surface area contributed by atoms with Gasteiger partial charge in [0.25, 0.3) is 0 Å². The minimum Gasteiger partial charge on any atom is -0.437 e. The predicted molar refractivity (Wildman–Crippen MR) is 72.7 cm³/mol. The Hall–Kier alpha value is -2.03. The third-order valence-electron chi connectivity index (χ3n) is 2.98. The summed E-state index contributed by atoms with van der Waals surface area (Å²) in [5.74, 6) is 1.00. The molecule has 0 spiro atoms. The molecule has 18 heavy (non-hydrogen) atoms. The monoisotopic (exact) mass is 243 g/mol. The van der Waals surface area contributed by atoms with Crippen LogP contribution in [0.4, 0.5) is 11.6 Å². The van der Waals surface area contributed by atoms with E-state index in [4.69, 9.17) is 4.42 Å². The summed E-state index contributed by atoms with van der Waals surface area (Å²) in [4.78, 5) is 13.2. The lowest BCUT2D eigenvalue weighted by molar-refractivity contribution is 0.0988. The van der Waals surface area contributed by atoms with Crippen LogP contribution in [0.25, 0.3) is 0 Å². The highest BCUT2D eigenvalue weighted by Gasteiger charge is 2.12. The van der Waals surface area contributed by atoms with Crippen molar-refractivity contribution in [3.8, 4) is 0 Å². The number of anilines is 2. The van der Waals surface area contributed by atoms with Gasteiger partial charge in [-0.1, -0.05) is 17.7 Å². The Morgan fingerprint density at radius 1 is 1.17 bits per heavy atom. The van der Waals surface area contributed by atoms with Gasteiger partial charge in [-0.2, -0.15) is 0 Å². The van der Waals surface area contributed by atoms with E-state index >= 15 is 0 Å². The molecule has 0 aliphatic heterocycles. The van der Waals surface area contributed by atoms with Crippen molar-refractivity contribution in [2.45, 2.75) is 20.8 Å². The Morgan fingerprint density at radius 2 is 1.89 bits per heavy atom. The molecular weight excluding hydrogens is 226 g/mol. The highest BCUT2D eigenvalue weighted by molar-refractivity contribution is 5.91. The second kappa shape index (κ2) is 4.69. The maximum atomic E-state index is 11.2. The average Bonchev–Trinajstić information content (AvgIpc) is 2.77. The van der Waals surface area contributed by atoms with Gasteiger partial charge in [-0.05, 0) is 31.5 Å². The fourth-order valence-corrected chi connectivity index (χ4v) is 2.00. The summed E-state index contributed by atoms with van der Waals surface area (Å²) in [5.41, 5.74) is 3.48. The third-order valence-corrected chi connectivity index (χ3v) is 2.98. The summed E-state index contributed by atoms with van der Waals surface area (Å²) in [6.45, 7) is 5.63. The number of hydrogen-bond donors (Lipinski definition) is 0. The first-order valence-electron chi connectivity index (χ1n) is 5.91. The number of rotatable bonds is 3. The van der Waals surface area contributed by atoms with Gasteiger partial charge in [-0.15, -0.1) is 0 Å². The van der Waals surface area contributed by atoms with Crippen molar-refractivity contribution in [2.24, 2.45) is 0 Å². The molecule has 0 unspecified atom stereocenters. The molecule has 0 saturated heterocycles. The summed E-state index contributed by atoms with van der Waals surface area (Å²) >= 11 is 0. The van der Waals surface area contributed by atoms with Crippen LogP contribution in [-0.2, 0) is 0 Å². The lowest BCUT2D eigenvalue weighted by atomic mass is 10.1. The van der Waals surface area contributed by atoms with E-state index in [0.717, 1.165) is 5.69 Å². The van der Waals surface area contributed by atoms with E-state index in [-0.39, 0.29) is 5.78 Å². The largest absolute Gasteiger partial charge is 0.437 e. The van der Waals surface area contributed by atoms with Crippen molar-refractivity contribution < 1.29 is 9.21 Å². The van der Waals surface area contributed by atoms with Crippen molar-refractivity contribution in [1.82, 2.24) is 0 Å². The van der Waals surface area contributed by atoms with Gasteiger partial charge in [0.1, 0.15) is 0 Å². The average molecular weight is 243 g/mol. The molecule has 3 heteroatoms. The van der Waals surface area contributed by atoms with Crippen LogP contribution in [0.3, 0.4) is 0 Å². The summed E-state index contributed by atoms with van der Waals surface area (Å²) in [5, 5.41) is 0.